The van der Waals surface area contributed by atoms with E-state index < -0.39 is 8.46 Å². The van der Waals surface area contributed by atoms with Crippen molar-refractivity contribution in [3.63, 3.8) is 0 Å². The highest BCUT2D eigenvalue weighted by Gasteiger charge is 2.08. The van der Waals surface area contributed by atoms with Gasteiger partial charge in [0, 0.05) is 0 Å². The van der Waals surface area contributed by atoms with E-state index in [4.69, 9.17) is 0 Å². The van der Waals surface area contributed by atoms with Gasteiger partial charge in [-0.05, 0) is 0 Å². The first-order valence-electron chi connectivity index (χ1n) is 4.73. The SMILES string of the molecule is P[SiH](c1ccccc1)c1ccccc1. The molecule has 0 amide bonds. The average molecular weight is 216 g/mol. The molecule has 2 rings (SSSR count). The molecule has 0 heterocycles. The highest BCUT2D eigenvalue weighted by molar-refractivity contribution is 7.68. The number of hydrogen-bond acceptors (Lipinski definition) is 0. The van der Waals surface area contributed by atoms with Gasteiger partial charge in [0.2, 0.25) is 0 Å². The van der Waals surface area contributed by atoms with Crippen molar-refractivity contribution in [2.24, 2.45) is 0 Å². The predicted octanol–water partition coefficient (Wildman–Crippen LogP) is 1.40. The zero-order valence-corrected chi connectivity index (χ0v) is 10.2. The highest BCUT2D eigenvalue weighted by atomic mass is 31.3. The third-order valence-electron chi connectivity index (χ3n) is 2.32. The van der Waals surface area contributed by atoms with Crippen LogP contribution in [-0.2, 0) is 0 Å². The summed E-state index contributed by atoms with van der Waals surface area (Å²) in [6.07, 6.45) is 0. The molecule has 1 atom stereocenters. The van der Waals surface area contributed by atoms with E-state index in [1.807, 2.05) is 0 Å². The maximum absolute atomic E-state index is 3.03. The topological polar surface area (TPSA) is 0 Å². The van der Waals surface area contributed by atoms with Gasteiger partial charge < -0.3 is 0 Å². The summed E-state index contributed by atoms with van der Waals surface area (Å²) in [6, 6.07) is 21.5. The molecule has 0 aliphatic rings. The minimum absolute atomic E-state index is 1.00. The van der Waals surface area contributed by atoms with E-state index in [2.05, 4.69) is 69.5 Å². The van der Waals surface area contributed by atoms with Gasteiger partial charge in [-0.1, -0.05) is 71.0 Å². The molecule has 0 aromatic heterocycles. The van der Waals surface area contributed by atoms with Crippen LogP contribution in [-0.4, -0.2) is 8.46 Å². The zero-order chi connectivity index (χ0) is 9.80. The summed E-state index contributed by atoms with van der Waals surface area (Å²) < 4.78 is 0. The van der Waals surface area contributed by atoms with Crippen molar-refractivity contribution in [1.82, 2.24) is 0 Å². The molecule has 2 aromatic rings. The van der Waals surface area contributed by atoms with E-state index in [-0.39, 0.29) is 0 Å². The third-order valence-corrected chi connectivity index (χ3v) is 6.83. The van der Waals surface area contributed by atoms with Gasteiger partial charge in [0.05, 0.1) is 0 Å². The van der Waals surface area contributed by atoms with Crippen molar-refractivity contribution >= 4 is 27.6 Å². The summed E-state index contributed by atoms with van der Waals surface area (Å²) in [7, 11) is 2.02. The molecule has 0 aliphatic heterocycles. The molecule has 0 nitrogen and oxygen atoms in total. The quantitative estimate of drug-likeness (QED) is 0.526. The van der Waals surface area contributed by atoms with Crippen LogP contribution in [0.1, 0.15) is 0 Å². The Bertz CT molecular complexity index is 346. The Morgan fingerprint density at radius 2 is 1.00 bits per heavy atom. The van der Waals surface area contributed by atoms with Crippen LogP contribution in [0.4, 0.5) is 0 Å². The summed E-state index contributed by atoms with van der Waals surface area (Å²) >= 11 is 0. The molecule has 2 aromatic carbocycles. The van der Waals surface area contributed by atoms with Gasteiger partial charge in [-0.25, -0.2) is 0 Å². The Balaban J connectivity index is 2.30. The minimum Gasteiger partial charge on any atom is -0.143 e. The molecule has 0 spiro atoms. The van der Waals surface area contributed by atoms with Crippen LogP contribution in [0.5, 0.6) is 0 Å². The first-order chi connectivity index (χ1) is 6.88. The molecule has 2 heteroatoms. The fourth-order valence-electron chi connectivity index (χ4n) is 1.51. The highest BCUT2D eigenvalue weighted by Crippen LogP contribution is 1.98. The molecular weight excluding hydrogens is 203 g/mol. The van der Waals surface area contributed by atoms with Crippen LogP contribution in [0.25, 0.3) is 0 Å². The van der Waals surface area contributed by atoms with Crippen molar-refractivity contribution in [2.75, 3.05) is 0 Å². The fraction of sp³-hybridized carbons (Fsp3) is 0. The largest absolute Gasteiger partial charge is 0.143 e. The Morgan fingerprint density at radius 1 is 0.643 bits per heavy atom. The van der Waals surface area contributed by atoms with E-state index >= 15 is 0 Å². The predicted molar refractivity (Wildman–Crippen MR) is 69.0 cm³/mol. The van der Waals surface area contributed by atoms with E-state index in [0.717, 1.165) is 0 Å². The smallest absolute Gasteiger partial charge is 0.122 e. The Hall–Kier alpha value is -0.913. The van der Waals surface area contributed by atoms with E-state index in [9.17, 15) is 0 Å². The van der Waals surface area contributed by atoms with E-state index in [1.165, 1.54) is 10.4 Å². The first kappa shape index (κ1) is 9.63. The van der Waals surface area contributed by atoms with Crippen molar-refractivity contribution in [3.8, 4) is 0 Å². The molecule has 1 unspecified atom stereocenters. The molecule has 70 valence electrons. The van der Waals surface area contributed by atoms with Crippen molar-refractivity contribution in [1.29, 1.82) is 0 Å². The van der Waals surface area contributed by atoms with Gasteiger partial charge in [-0.15, -0.1) is 8.79 Å². The summed E-state index contributed by atoms with van der Waals surface area (Å²) in [6.45, 7) is 0. The Morgan fingerprint density at radius 3 is 1.36 bits per heavy atom. The summed E-state index contributed by atoms with van der Waals surface area (Å²) in [5.41, 5.74) is 0. The second-order valence-electron chi connectivity index (χ2n) is 3.30. The number of benzene rings is 2. The molecule has 0 N–H and O–H groups in total. The first-order valence-corrected chi connectivity index (χ1v) is 8.55. The number of rotatable bonds is 2. The van der Waals surface area contributed by atoms with Crippen LogP contribution in [0, 0.1) is 0 Å². The second-order valence-corrected chi connectivity index (χ2v) is 7.59. The second kappa shape index (κ2) is 4.54. The lowest BCUT2D eigenvalue weighted by Gasteiger charge is -2.09. The minimum atomic E-state index is -1.00. The summed E-state index contributed by atoms with van der Waals surface area (Å²) in [4.78, 5) is 0. The van der Waals surface area contributed by atoms with Gasteiger partial charge >= 0.3 is 0 Å². The van der Waals surface area contributed by atoms with Crippen molar-refractivity contribution in [2.45, 2.75) is 0 Å². The summed E-state index contributed by atoms with van der Waals surface area (Å²) in [5.74, 6) is 0. The summed E-state index contributed by atoms with van der Waals surface area (Å²) in [5, 5.41) is 2.95. The van der Waals surface area contributed by atoms with Crippen LogP contribution in [0.3, 0.4) is 0 Å². The third kappa shape index (κ3) is 2.12. The van der Waals surface area contributed by atoms with Gasteiger partial charge in [-0.2, -0.15) is 0 Å². The number of hydrogen-bond donors (Lipinski definition) is 0. The van der Waals surface area contributed by atoms with Crippen molar-refractivity contribution in [3.05, 3.63) is 60.7 Å². The Kier molecular flexibility index (Phi) is 3.13. The van der Waals surface area contributed by atoms with Crippen LogP contribution in [0.15, 0.2) is 60.7 Å². The molecule has 0 fully saturated rings. The zero-order valence-electron chi connectivity index (χ0n) is 7.93. The molecule has 14 heavy (non-hydrogen) atoms. The Labute approximate surface area is 88.6 Å². The lowest BCUT2D eigenvalue weighted by Crippen LogP contribution is -2.36. The van der Waals surface area contributed by atoms with Crippen LogP contribution in [0.2, 0.25) is 0 Å². The molecular formula is C12H13PSi. The maximum atomic E-state index is 3.03. The average Bonchev–Trinajstić information content (AvgIpc) is 2.30. The van der Waals surface area contributed by atoms with Gasteiger partial charge in [0.15, 0.2) is 0 Å². The molecule has 0 saturated heterocycles. The lowest BCUT2D eigenvalue weighted by molar-refractivity contribution is 1.74. The fourth-order valence-corrected chi connectivity index (χ4v) is 4.51. The molecule has 0 radical (unpaired) electrons. The van der Waals surface area contributed by atoms with E-state index in [0.29, 0.717) is 0 Å². The van der Waals surface area contributed by atoms with Gasteiger partial charge in [0.25, 0.3) is 0 Å². The van der Waals surface area contributed by atoms with Gasteiger partial charge in [-0.3, -0.25) is 0 Å². The van der Waals surface area contributed by atoms with Crippen LogP contribution < -0.4 is 10.4 Å². The van der Waals surface area contributed by atoms with E-state index in [1.54, 1.807) is 0 Å². The lowest BCUT2D eigenvalue weighted by atomic mass is 10.4. The molecule has 0 aliphatic carbocycles. The normalized spacial score (nSPS) is 10.4. The molecule has 0 bridgehead atoms. The van der Waals surface area contributed by atoms with Crippen LogP contribution >= 0.6 is 8.79 Å². The van der Waals surface area contributed by atoms with Crippen molar-refractivity contribution < 1.29 is 0 Å². The molecule has 0 saturated carbocycles. The monoisotopic (exact) mass is 216 g/mol. The van der Waals surface area contributed by atoms with Gasteiger partial charge in [0.1, 0.15) is 8.46 Å². The standard InChI is InChI=1S/C12H13PSi/c13-14(11-7-3-1-4-8-11)12-9-5-2-6-10-12/h1-10,14H,13H2. The maximum Gasteiger partial charge on any atom is 0.122 e.